The zero-order chi connectivity index (χ0) is 30.5. The Morgan fingerprint density at radius 1 is 0.786 bits per heavy atom. The Kier molecular flexibility index (Phi) is 9.09. The van der Waals surface area contributed by atoms with Crippen LogP contribution in [0.1, 0.15) is 78.3 Å². The molecule has 4 rings (SSSR count). The smallest absolute Gasteiger partial charge is 0.327 e. The average molecular weight is 570 g/mol. The number of rotatable bonds is 11. The minimum absolute atomic E-state index is 0.00495. The first-order valence-electron chi connectivity index (χ1n) is 14.2. The van der Waals surface area contributed by atoms with Gasteiger partial charge in [0, 0.05) is 28.7 Å². The number of hydrogen-bond acceptors (Lipinski definition) is 8. The maximum Gasteiger partial charge on any atom is 0.327 e. The van der Waals surface area contributed by atoms with Gasteiger partial charge in [0.1, 0.15) is 17.3 Å². The number of aromatic nitrogens is 3. The maximum atomic E-state index is 11.0. The molecule has 4 aromatic rings. The van der Waals surface area contributed by atoms with E-state index in [9.17, 15) is 10.1 Å². The molecule has 0 saturated carbocycles. The van der Waals surface area contributed by atoms with Crippen molar-refractivity contribution in [2.24, 2.45) is 0 Å². The summed E-state index contributed by atoms with van der Waals surface area (Å²) in [6.07, 6.45) is 2.20. The molecule has 9 heteroatoms. The van der Waals surface area contributed by atoms with Crippen molar-refractivity contribution in [3.8, 4) is 17.5 Å². The number of nitrogens with zero attached hydrogens (tertiary/aromatic N) is 4. The molecule has 1 N–H and O–H groups in total. The lowest BCUT2D eigenvalue weighted by atomic mass is 9.78. The summed E-state index contributed by atoms with van der Waals surface area (Å²) in [4.78, 5) is 24.1. The van der Waals surface area contributed by atoms with E-state index in [2.05, 4.69) is 60.1 Å². The van der Waals surface area contributed by atoms with Crippen LogP contribution < -0.4 is 14.8 Å². The van der Waals surface area contributed by atoms with Gasteiger partial charge in [0.05, 0.1) is 11.0 Å². The second kappa shape index (κ2) is 12.5. The summed E-state index contributed by atoms with van der Waals surface area (Å²) in [5, 5.41) is 14.1. The predicted molar refractivity (Wildman–Crippen MR) is 165 cm³/mol. The van der Waals surface area contributed by atoms with Crippen LogP contribution >= 0.6 is 0 Å². The van der Waals surface area contributed by atoms with Crippen molar-refractivity contribution in [1.82, 2.24) is 15.0 Å². The number of nitrogens with one attached hydrogen (secondary N) is 1. The van der Waals surface area contributed by atoms with Gasteiger partial charge < -0.3 is 14.8 Å². The first-order valence-corrected chi connectivity index (χ1v) is 14.2. The third kappa shape index (κ3) is 7.40. The molecule has 0 amide bonds. The summed E-state index contributed by atoms with van der Waals surface area (Å²) in [6, 6.07) is 22.5. The molecule has 0 spiro atoms. The third-order valence-corrected chi connectivity index (χ3v) is 7.19. The Hall–Kier alpha value is -4.53. The summed E-state index contributed by atoms with van der Waals surface area (Å²) in [5.41, 5.74) is 2.33. The molecule has 9 nitrogen and oxygen atoms in total. The van der Waals surface area contributed by atoms with Crippen LogP contribution in [-0.2, 0) is 10.8 Å². The Labute approximate surface area is 247 Å². The standard InChI is InChI=1S/C33H39N5O4/c1-8-26(9-2)41-27-18-10-22(11-19-27)33(6,7)23-12-20-28(21-13-23)42-31-36-29(32(3,4)5)35-30(37-31)34-24-14-16-25(17-15-24)38(39)40/h10-21,26H,8-9H2,1-7H3,(H,34,35,36,37). The predicted octanol–water partition coefficient (Wildman–Crippen LogP) is 8.51. The van der Waals surface area contributed by atoms with Gasteiger partial charge in [-0.1, -0.05) is 72.7 Å². The Balaban J connectivity index is 1.52. The van der Waals surface area contributed by atoms with Gasteiger partial charge in [-0.15, -0.1) is 0 Å². The molecule has 1 heterocycles. The van der Waals surface area contributed by atoms with Gasteiger partial charge in [-0.05, 0) is 60.4 Å². The average Bonchev–Trinajstić information content (AvgIpc) is 2.96. The van der Waals surface area contributed by atoms with E-state index in [1.165, 1.54) is 17.7 Å². The van der Waals surface area contributed by atoms with E-state index < -0.39 is 4.92 Å². The van der Waals surface area contributed by atoms with Crippen LogP contribution in [-0.4, -0.2) is 26.0 Å². The Bertz CT molecular complexity index is 1490. The van der Waals surface area contributed by atoms with Crippen molar-refractivity contribution in [3.05, 3.63) is 99.9 Å². The Morgan fingerprint density at radius 2 is 1.33 bits per heavy atom. The molecule has 0 aliphatic carbocycles. The number of nitro groups is 1. The first kappa shape index (κ1) is 30.4. The second-order valence-corrected chi connectivity index (χ2v) is 11.8. The van der Waals surface area contributed by atoms with Crippen molar-refractivity contribution in [2.45, 2.75) is 78.2 Å². The zero-order valence-corrected chi connectivity index (χ0v) is 25.3. The molecule has 0 unspecified atom stereocenters. The van der Waals surface area contributed by atoms with Crippen molar-refractivity contribution in [3.63, 3.8) is 0 Å². The lowest BCUT2D eigenvalue weighted by Gasteiger charge is -2.27. The fourth-order valence-electron chi connectivity index (χ4n) is 4.40. The van der Waals surface area contributed by atoms with Crippen LogP contribution in [0.4, 0.5) is 17.3 Å². The number of non-ortho nitro benzene ring substituents is 1. The fourth-order valence-corrected chi connectivity index (χ4v) is 4.40. The molecule has 0 aliphatic rings. The van der Waals surface area contributed by atoms with E-state index in [0.29, 0.717) is 17.3 Å². The maximum absolute atomic E-state index is 11.0. The van der Waals surface area contributed by atoms with Gasteiger partial charge in [0.2, 0.25) is 5.95 Å². The van der Waals surface area contributed by atoms with E-state index in [-0.39, 0.29) is 34.6 Å². The molecule has 0 aliphatic heterocycles. The minimum Gasteiger partial charge on any atom is -0.490 e. The number of ether oxygens (including phenoxy) is 2. The van der Waals surface area contributed by atoms with E-state index in [0.717, 1.165) is 24.2 Å². The zero-order valence-electron chi connectivity index (χ0n) is 25.3. The summed E-state index contributed by atoms with van der Waals surface area (Å²) < 4.78 is 12.2. The van der Waals surface area contributed by atoms with Crippen LogP contribution in [0.5, 0.6) is 17.5 Å². The van der Waals surface area contributed by atoms with E-state index >= 15 is 0 Å². The number of hydrogen-bond donors (Lipinski definition) is 1. The number of nitro benzene ring substituents is 1. The molecular weight excluding hydrogens is 530 g/mol. The van der Waals surface area contributed by atoms with Crippen molar-refractivity contribution >= 4 is 17.3 Å². The molecule has 0 radical (unpaired) electrons. The topological polar surface area (TPSA) is 112 Å². The van der Waals surface area contributed by atoms with Crippen LogP contribution in [0.25, 0.3) is 0 Å². The van der Waals surface area contributed by atoms with Gasteiger partial charge in [-0.2, -0.15) is 15.0 Å². The molecule has 220 valence electrons. The first-order chi connectivity index (χ1) is 19.9. The monoisotopic (exact) mass is 569 g/mol. The molecule has 0 fully saturated rings. The second-order valence-electron chi connectivity index (χ2n) is 11.8. The number of anilines is 2. The molecular formula is C33H39N5O4. The minimum atomic E-state index is -0.441. The molecule has 42 heavy (non-hydrogen) atoms. The molecule has 0 saturated heterocycles. The molecule has 1 aromatic heterocycles. The summed E-state index contributed by atoms with van der Waals surface area (Å²) in [6.45, 7) is 14.7. The fraction of sp³-hybridized carbons (Fsp3) is 0.364. The van der Waals surface area contributed by atoms with Gasteiger partial charge in [0.25, 0.3) is 5.69 Å². The molecule has 0 atom stereocenters. The lowest BCUT2D eigenvalue weighted by Crippen LogP contribution is -2.19. The normalized spacial score (nSPS) is 11.8. The summed E-state index contributed by atoms with van der Waals surface area (Å²) in [7, 11) is 0. The van der Waals surface area contributed by atoms with Gasteiger partial charge in [-0.25, -0.2) is 0 Å². The highest BCUT2D eigenvalue weighted by molar-refractivity contribution is 5.56. The van der Waals surface area contributed by atoms with E-state index in [4.69, 9.17) is 9.47 Å². The largest absolute Gasteiger partial charge is 0.490 e. The molecule has 3 aromatic carbocycles. The highest BCUT2D eigenvalue weighted by Crippen LogP contribution is 2.34. The van der Waals surface area contributed by atoms with Crippen molar-refractivity contribution in [2.75, 3.05) is 5.32 Å². The van der Waals surface area contributed by atoms with E-state index in [1.807, 2.05) is 57.2 Å². The van der Waals surface area contributed by atoms with E-state index in [1.54, 1.807) is 12.1 Å². The molecule has 0 bridgehead atoms. The van der Waals surface area contributed by atoms with Crippen LogP contribution in [0, 0.1) is 10.1 Å². The SMILES string of the molecule is CCC(CC)Oc1ccc(C(C)(C)c2ccc(Oc3nc(Nc4ccc([N+](=O)[O-])cc4)nc(C(C)(C)C)n3)cc2)cc1. The quantitative estimate of drug-likeness (QED) is 0.141. The summed E-state index contributed by atoms with van der Waals surface area (Å²) in [5.74, 6) is 2.32. The third-order valence-electron chi connectivity index (χ3n) is 7.19. The van der Waals surface area contributed by atoms with Crippen molar-refractivity contribution in [1.29, 1.82) is 0 Å². The van der Waals surface area contributed by atoms with Gasteiger partial charge >= 0.3 is 6.01 Å². The van der Waals surface area contributed by atoms with Gasteiger partial charge in [0.15, 0.2) is 0 Å². The number of benzene rings is 3. The summed E-state index contributed by atoms with van der Waals surface area (Å²) >= 11 is 0. The van der Waals surface area contributed by atoms with Gasteiger partial charge in [-0.3, -0.25) is 10.1 Å². The van der Waals surface area contributed by atoms with Crippen LogP contribution in [0.3, 0.4) is 0 Å². The van der Waals surface area contributed by atoms with Crippen LogP contribution in [0.2, 0.25) is 0 Å². The Morgan fingerprint density at radius 3 is 1.83 bits per heavy atom. The van der Waals surface area contributed by atoms with Crippen LogP contribution in [0.15, 0.2) is 72.8 Å². The lowest BCUT2D eigenvalue weighted by molar-refractivity contribution is -0.384. The highest BCUT2D eigenvalue weighted by atomic mass is 16.6. The van der Waals surface area contributed by atoms with Crippen molar-refractivity contribution < 1.29 is 14.4 Å². The highest BCUT2D eigenvalue weighted by Gasteiger charge is 2.24.